The molecular formula is C21H28. The van der Waals surface area contributed by atoms with Crippen LogP contribution in [0.4, 0.5) is 0 Å². The molecule has 21 heavy (non-hydrogen) atoms. The molecule has 0 aliphatic rings. The van der Waals surface area contributed by atoms with Crippen molar-refractivity contribution in [2.75, 3.05) is 0 Å². The van der Waals surface area contributed by atoms with Crippen LogP contribution in [0.25, 0.3) is 0 Å². The molecule has 0 atom stereocenters. The third kappa shape index (κ3) is 3.37. The van der Waals surface area contributed by atoms with E-state index in [1.54, 1.807) is 0 Å². The van der Waals surface area contributed by atoms with E-state index >= 15 is 0 Å². The maximum atomic E-state index is 2.31. The lowest BCUT2D eigenvalue weighted by Crippen LogP contribution is -1.99. The summed E-state index contributed by atoms with van der Waals surface area (Å²) >= 11 is 0. The van der Waals surface area contributed by atoms with Crippen LogP contribution in [-0.2, 0) is 12.8 Å². The molecule has 0 N–H and O–H groups in total. The molecule has 0 amide bonds. The van der Waals surface area contributed by atoms with E-state index < -0.39 is 0 Å². The lowest BCUT2D eigenvalue weighted by molar-refractivity contribution is 0.808. The highest BCUT2D eigenvalue weighted by atomic mass is 14.1. The summed E-state index contributed by atoms with van der Waals surface area (Å²) in [7, 11) is 0. The summed E-state index contributed by atoms with van der Waals surface area (Å²) in [6.45, 7) is 13.4. The van der Waals surface area contributed by atoms with Crippen LogP contribution in [0.5, 0.6) is 0 Å². The van der Waals surface area contributed by atoms with Gasteiger partial charge < -0.3 is 0 Å². The van der Waals surface area contributed by atoms with Crippen LogP contribution < -0.4 is 0 Å². The van der Waals surface area contributed by atoms with E-state index in [2.05, 4.69) is 65.8 Å². The van der Waals surface area contributed by atoms with Gasteiger partial charge in [-0.05, 0) is 105 Å². The molecule has 2 rings (SSSR count). The van der Waals surface area contributed by atoms with E-state index in [0.29, 0.717) is 0 Å². The van der Waals surface area contributed by atoms with Gasteiger partial charge in [-0.15, -0.1) is 0 Å². The Bertz CT molecular complexity index is 590. The van der Waals surface area contributed by atoms with Crippen LogP contribution in [0.1, 0.15) is 50.9 Å². The number of benzene rings is 2. The summed E-state index contributed by atoms with van der Waals surface area (Å²) in [6, 6.07) is 9.15. The third-order valence-corrected chi connectivity index (χ3v) is 5.23. The van der Waals surface area contributed by atoms with Crippen molar-refractivity contribution in [2.45, 2.75) is 60.8 Å². The summed E-state index contributed by atoms with van der Waals surface area (Å²) in [5.41, 5.74) is 11.7. The molecule has 0 aromatic heterocycles. The first kappa shape index (κ1) is 15.8. The van der Waals surface area contributed by atoms with Crippen LogP contribution in [0.15, 0.2) is 24.3 Å². The minimum Gasteiger partial charge on any atom is -0.0588 e. The standard InChI is InChI=1S/C21H28/c1-14-10-12-20(18(5)16(14)3)8-7-9-21-13-11-15(2)17(4)19(21)6/h10-13H,7-9H2,1-6H3. The van der Waals surface area contributed by atoms with Gasteiger partial charge in [-0.25, -0.2) is 0 Å². The van der Waals surface area contributed by atoms with E-state index in [1.165, 1.54) is 63.8 Å². The van der Waals surface area contributed by atoms with E-state index in [-0.39, 0.29) is 0 Å². The number of hydrogen-bond acceptors (Lipinski definition) is 0. The average molecular weight is 280 g/mol. The van der Waals surface area contributed by atoms with Crippen LogP contribution in [0.2, 0.25) is 0 Å². The second kappa shape index (κ2) is 6.47. The third-order valence-electron chi connectivity index (χ3n) is 5.23. The van der Waals surface area contributed by atoms with Crippen molar-refractivity contribution in [3.05, 3.63) is 68.8 Å². The van der Waals surface area contributed by atoms with Crippen LogP contribution in [-0.4, -0.2) is 0 Å². The van der Waals surface area contributed by atoms with Gasteiger partial charge in [0.25, 0.3) is 0 Å². The Balaban J connectivity index is 2.06. The van der Waals surface area contributed by atoms with Crippen molar-refractivity contribution >= 4 is 0 Å². The van der Waals surface area contributed by atoms with Crippen LogP contribution in [0.3, 0.4) is 0 Å². The Morgan fingerprint density at radius 2 is 0.905 bits per heavy atom. The molecule has 0 bridgehead atoms. The van der Waals surface area contributed by atoms with Gasteiger partial charge in [-0.3, -0.25) is 0 Å². The molecule has 2 aromatic rings. The summed E-state index contributed by atoms with van der Waals surface area (Å²) in [4.78, 5) is 0. The molecule has 0 radical (unpaired) electrons. The molecule has 0 aliphatic heterocycles. The zero-order valence-corrected chi connectivity index (χ0v) is 14.4. The van der Waals surface area contributed by atoms with Gasteiger partial charge in [-0.2, -0.15) is 0 Å². The predicted molar refractivity (Wildman–Crippen MR) is 93.3 cm³/mol. The molecule has 0 aliphatic carbocycles. The number of rotatable bonds is 4. The molecule has 0 nitrogen and oxygen atoms in total. The van der Waals surface area contributed by atoms with E-state index in [0.717, 1.165) is 0 Å². The Labute approximate surface area is 130 Å². The highest BCUT2D eigenvalue weighted by Crippen LogP contribution is 2.21. The Kier molecular flexibility index (Phi) is 4.88. The van der Waals surface area contributed by atoms with Crippen molar-refractivity contribution in [3.8, 4) is 0 Å². The summed E-state index contributed by atoms with van der Waals surface area (Å²) in [6.07, 6.45) is 3.59. The first-order chi connectivity index (χ1) is 9.91. The highest BCUT2D eigenvalue weighted by Gasteiger charge is 2.06. The Morgan fingerprint density at radius 3 is 1.29 bits per heavy atom. The maximum Gasteiger partial charge on any atom is -0.0273 e. The van der Waals surface area contributed by atoms with Crippen LogP contribution in [0, 0.1) is 41.5 Å². The quantitative estimate of drug-likeness (QED) is 0.672. The molecule has 0 unspecified atom stereocenters. The van der Waals surface area contributed by atoms with Gasteiger partial charge >= 0.3 is 0 Å². The van der Waals surface area contributed by atoms with Crippen molar-refractivity contribution < 1.29 is 0 Å². The molecule has 2 aromatic carbocycles. The van der Waals surface area contributed by atoms with Gasteiger partial charge in [0.15, 0.2) is 0 Å². The fourth-order valence-electron chi connectivity index (χ4n) is 3.04. The summed E-state index contributed by atoms with van der Waals surface area (Å²) in [5, 5.41) is 0. The lowest BCUT2D eigenvalue weighted by Gasteiger charge is -2.13. The molecule has 0 fully saturated rings. The van der Waals surface area contributed by atoms with Gasteiger partial charge in [0.2, 0.25) is 0 Å². The number of hydrogen-bond donors (Lipinski definition) is 0. The molecule has 0 saturated carbocycles. The van der Waals surface area contributed by atoms with Gasteiger partial charge in [-0.1, -0.05) is 24.3 Å². The molecule has 112 valence electrons. The molecular weight excluding hydrogens is 252 g/mol. The van der Waals surface area contributed by atoms with E-state index in [4.69, 9.17) is 0 Å². The largest absolute Gasteiger partial charge is 0.0588 e. The monoisotopic (exact) mass is 280 g/mol. The van der Waals surface area contributed by atoms with Crippen molar-refractivity contribution in [2.24, 2.45) is 0 Å². The zero-order chi connectivity index (χ0) is 15.6. The lowest BCUT2D eigenvalue weighted by atomic mass is 9.92. The topological polar surface area (TPSA) is 0 Å². The average Bonchev–Trinajstić information content (AvgIpc) is 2.47. The number of aryl methyl sites for hydroxylation is 4. The maximum absolute atomic E-state index is 2.31. The summed E-state index contributed by atoms with van der Waals surface area (Å²) < 4.78 is 0. The highest BCUT2D eigenvalue weighted by molar-refractivity contribution is 5.40. The van der Waals surface area contributed by atoms with Gasteiger partial charge in [0, 0.05) is 0 Å². The molecule has 0 saturated heterocycles. The minimum atomic E-state index is 1.18. The fourth-order valence-corrected chi connectivity index (χ4v) is 3.04. The Morgan fingerprint density at radius 1 is 0.524 bits per heavy atom. The fraction of sp³-hybridized carbons (Fsp3) is 0.429. The van der Waals surface area contributed by atoms with E-state index in [1.807, 2.05) is 0 Å². The summed E-state index contributed by atoms with van der Waals surface area (Å²) in [5.74, 6) is 0. The zero-order valence-electron chi connectivity index (χ0n) is 14.4. The van der Waals surface area contributed by atoms with Gasteiger partial charge in [0.05, 0.1) is 0 Å². The Hall–Kier alpha value is -1.56. The minimum absolute atomic E-state index is 1.18. The van der Waals surface area contributed by atoms with Crippen molar-refractivity contribution in [1.29, 1.82) is 0 Å². The molecule has 0 spiro atoms. The smallest absolute Gasteiger partial charge is 0.0273 e. The normalized spacial score (nSPS) is 11.0. The second-order valence-corrected chi connectivity index (χ2v) is 6.44. The molecule has 0 heterocycles. The molecule has 0 heteroatoms. The van der Waals surface area contributed by atoms with Crippen LogP contribution >= 0.6 is 0 Å². The van der Waals surface area contributed by atoms with Gasteiger partial charge in [0.1, 0.15) is 0 Å². The SMILES string of the molecule is Cc1ccc(CCCc2ccc(C)c(C)c2C)c(C)c1C. The van der Waals surface area contributed by atoms with Crippen molar-refractivity contribution in [3.63, 3.8) is 0 Å². The van der Waals surface area contributed by atoms with E-state index in [9.17, 15) is 0 Å². The first-order valence-corrected chi connectivity index (χ1v) is 8.03. The van der Waals surface area contributed by atoms with Crippen molar-refractivity contribution in [1.82, 2.24) is 0 Å². The first-order valence-electron chi connectivity index (χ1n) is 8.03. The second-order valence-electron chi connectivity index (χ2n) is 6.44. The predicted octanol–water partition coefficient (Wildman–Crippen LogP) is 5.71.